The zero-order valence-corrected chi connectivity index (χ0v) is 14.7. The van der Waals surface area contributed by atoms with Crippen molar-refractivity contribution in [3.8, 4) is 0 Å². The number of rotatable bonds is 5. The lowest BCUT2D eigenvalue weighted by Gasteiger charge is -2.33. The maximum absolute atomic E-state index is 6.07. The molecule has 0 bridgehead atoms. The highest BCUT2D eigenvalue weighted by Gasteiger charge is 2.23. The van der Waals surface area contributed by atoms with Crippen LogP contribution in [-0.4, -0.2) is 23.3 Å². The molecule has 0 saturated carbocycles. The van der Waals surface area contributed by atoms with E-state index in [0.717, 1.165) is 17.9 Å². The van der Waals surface area contributed by atoms with Gasteiger partial charge in [0, 0.05) is 28.7 Å². The molecule has 0 aromatic heterocycles. The molecular weight excluding hydrogens is 296 g/mol. The van der Waals surface area contributed by atoms with Crippen molar-refractivity contribution in [1.29, 1.82) is 0 Å². The molecule has 21 heavy (non-hydrogen) atoms. The number of nitrogens with two attached hydrogens (primary N) is 1. The lowest BCUT2D eigenvalue weighted by atomic mass is 10.0. The van der Waals surface area contributed by atoms with E-state index in [4.69, 9.17) is 18.0 Å². The maximum Gasteiger partial charge on any atom is 0.107 e. The average molecular weight is 323 g/mol. The van der Waals surface area contributed by atoms with Gasteiger partial charge in [0.15, 0.2) is 0 Å². The second kappa shape index (κ2) is 8.04. The van der Waals surface area contributed by atoms with Crippen LogP contribution in [0, 0.1) is 0 Å². The molecule has 1 aliphatic heterocycles. The summed E-state index contributed by atoms with van der Waals surface area (Å²) in [6.45, 7) is 5.57. The molecule has 1 saturated heterocycles. The van der Waals surface area contributed by atoms with E-state index in [1.165, 1.54) is 42.7 Å². The lowest BCUT2D eigenvalue weighted by molar-refractivity contribution is 0.556. The van der Waals surface area contributed by atoms with Gasteiger partial charge in [0.1, 0.15) is 4.99 Å². The summed E-state index contributed by atoms with van der Waals surface area (Å²) in [6, 6.07) is 7.10. The normalized spacial score (nSPS) is 19.3. The first kappa shape index (κ1) is 16.6. The molecule has 1 aromatic rings. The van der Waals surface area contributed by atoms with Crippen molar-refractivity contribution in [2.75, 3.05) is 17.2 Å². The topological polar surface area (TPSA) is 29.3 Å². The van der Waals surface area contributed by atoms with Gasteiger partial charge in [0.25, 0.3) is 0 Å². The van der Waals surface area contributed by atoms with Crippen molar-refractivity contribution in [3.63, 3.8) is 0 Å². The van der Waals surface area contributed by atoms with Gasteiger partial charge in [-0.3, -0.25) is 0 Å². The molecule has 4 heteroatoms. The van der Waals surface area contributed by atoms with Crippen molar-refractivity contribution in [3.05, 3.63) is 23.8 Å². The van der Waals surface area contributed by atoms with Crippen molar-refractivity contribution < 1.29 is 0 Å². The Hall–Kier alpha value is -0.740. The van der Waals surface area contributed by atoms with Gasteiger partial charge >= 0.3 is 0 Å². The molecule has 1 aromatic carbocycles. The number of anilines is 1. The molecule has 0 radical (unpaired) electrons. The van der Waals surface area contributed by atoms with Crippen LogP contribution in [0.1, 0.15) is 51.5 Å². The standard InChI is InChI=1S/C17H26N2S2/c1-3-13-9-6-5-7-12-19(13)14-10-8-11-15(21-4-2)16(14)17(18)20/h8,10-11,13H,3-7,9,12H2,1-2H3,(H2,18,20). The highest BCUT2D eigenvalue weighted by molar-refractivity contribution is 7.99. The molecule has 1 fully saturated rings. The molecular formula is C17H26N2S2. The molecule has 0 aliphatic carbocycles. The fourth-order valence-corrected chi connectivity index (χ4v) is 4.33. The van der Waals surface area contributed by atoms with Gasteiger partial charge in [-0.05, 0) is 37.1 Å². The minimum atomic E-state index is 0.528. The monoisotopic (exact) mass is 322 g/mol. The second-order valence-corrected chi connectivity index (χ2v) is 7.30. The number of hydrogen-bond acceptors (Lipinski definition) is 3. The van der Waals surface area contributed by atoms with Crippen LogP contribution in [-0.2, 0) is 0 Å². The van der Waals surface area contributed by atoms with Crippen molar-refractivity contribution >= 4 is 34.7 Å². The predicted molar refractivity (Wildman–Crippen MR) is 98.6 cm³/mol. The largest absolute Gasteiger partial charge is 0.389 e. The summed E-state index contributed by atoms with van der Waals surface area (Å²) >= 11 is 7.20. The third kappa shape index (κ3) is 3.92. The number of thiocarbonyl (C=S) groups is 1. The first-order valence-electron chi connectivity index (χ1n) is 8.01. The summed E-state index contributed by atoms with van der Waals surface area (Å²) in [5.74, 6) is 1.04. The molecule has 2 nitrogen and oxygen atoms in total. The number of nitrogens with zero attached hydrogens (tertiary/aromatic N) is 1. The van der Waals surface area contributed by atoms with Crippen molar-refractivity contribution in [2.45, 2.75) is 56.9 Å². The van der Waals surface area contributed by atoms with Crippen LogP contribution in [0.2, 0.25) is 0 Å². The highest BCUT2D eigenvalue weighted by atomic mass is 32.2. The molecule has 1 heterocycles. The van der Waals surface area contributed by atoms with Crippen LogP contribution in [0.4, 0.5) is 5.69 Å². The van der Waals surface area contributed by atoms with Crippen LogP contribution in [0.5, 0.6) is 0 Å². The number of hydrogen-bond donors (Lipinski definition) is 1. The molecule has 116 valence electrons. The van der Waals surface area contributed by atoms with Gasteiger partial charge in [-0.2, -0.15) is 0 Å². The van der Waals surface area contributed by atoms with E-state index in [2.05, 4.69) is 36.9 Å². The fourth-order valence-electron chi connectivity index (χ4n) is 3.20. The van der Waals surface area contributed by atoms with Crippen LogP contribution < -0.4 is 10.6 Å². The first-order valence-corrected chi connectivity index (χ1v) is 9.40. The van der Waals surface area contributed by atoms with Gasteiger partial charge in [0.05, 0.1) is 0 Å². The molecule has 1 atom stereocenters. The smallest absolute Gasteiger partial charge is 0.107 e. The molecule has 2 rings (SSSR count). The Bertz CT molecular complexity index is 488. The van der Waals surface area contributed by atoms with Crippen molar-refractivity contribution in [1.82, 2.24) is 0 Å². The Morgan fingerprint density at radius 3 is 2.81 bits per heavy atom. The van der Waals surface area contributed by atoms with E-state index in [0.29, 0.717) is 11.0 Å². The fraction of sp³-hybridized carbons (Fsp3) is 0.588. The highest BCUT2D eigenvalue weighted by Crippen LogP contribution is 2.34. The van der Waals surface area contributed by atoms with Gasteiger partial charge < -0.3 is 10.6 Å². The van der Waals surface area contributed by atoms with Gasteiger partial charge in [-0.15, -0.1) is 11.8 Å². The maximum atomic E-state index is 6.07. The second-order valence-electron chi connectivity index (χ2n) is 5.55. The summed E-state index contributed by atoms with van der Waals surface area (Å²) in [5, 5.41) is 0. The number of benzene rings is 1. The summed E-state index contributed by atoms with van der Waals surface area (Å²) in [6.07, 6.45) is 6.39. The Morgan fingerprint density at radius 2 is 2.14 bits per heavy atom. The summed E-state index contributed by atoms with van der Waals surface area (Å²) in [7, 11) is 0. The zero-order chi connectivity index (χ0) is 15.2. The third-order valence-electron chi connectivity index (χ3n) is 4.21. The number of thioether (sulfide) groups is 1. The Balaban J connectivity index is 2.45. The lowest BCUT2D eigenvalue weighted by Crippen LogP contribution is -2.36. The Kier molecular flexibility index (Phi) is 6.37. The SMILES string of the molecule is CCSc1cccc(N2CCCCCC2CC)c1C(N)=S. The van der Waals surface area contributed by atoms with Crippen LogP contribution in [0.15, 0.2) is 23.1 Å². The molecule has 0 spiro atoms. The van der Waals surface area contributed by atoms with E-state index >= 15 is 0 Å². The summed E-state index contributed by atoms with van der Waals surface area (Å²) in [4.78, 5) is 4.31. The Labute approximate surface area is 138 Å². The molecule has 1 aliphatic rings. The Morgan fingerprint density at radius 1 is 1.33 bits per heavy atom. The molecule has 0 amide bonds. The van der Waals surface area contributed by atoms with Crippen molar-refractivity contribution in [2.24, 2.45) is 5.73 Å². The molecule has 2 N–H and O–H groups in total. The van der Waals surface area contributed by atoms with Crippen LogP contribution in [0.3, 0.4) is 0 Å². The molecule has 1 unspecified atom stereocenters. The van der Waals surface area contributed by atoms with Crippen LogP contribution >= 0.6 is 24.0 Å². The summed E-state index contributed by atoms with van der Waals surface area (Å²) < 4.78 is 0. The zero-order valence-electron chi connectivity index (χ0n) is 13.1. The third-order valence-corrected chi connectivity index (χ3v) is 5.35. The van der Waals surface area contributed by atoms with Gasteiger partial charge in [-0.1, -0.05) is 45.0 Å². The van der Waals surface area contributed by atoms with E-state index in [9.17, 15) is 0 Å². The average Bonchev–Trinajstić information content (AvgIpc) is 2.72. The van der Waals surface area contributed by atoms with E-state index in [1.807, 2.05) is 11.8 Å². The minimum Gasteiger partial charge on any atom is -0.389 e. The van der Waals surface area contributed by atoms with Gasteiger partial charge in [0.2, 0.25) is 0 Å². The van der Waals surface area contributed by atoms with Gasteiger partial charge in [-0.25, -0.2) is 0 Å². The van der Waals surface area contributed by atoms with Crippen LogP contribution in [0.25, 0.3) is 0 Å². The van der Waals surface area contributed by atoms with E-state index < -0.39 is 0 Å². The van der Waals surface area contributed by atoms with E-state index in [-0.39, 0.29) is 0 Å². The summed E-state index contributed by atoms with van der Waals surface area (Å²) in [5.41, 5.74) is 8.40. The quantitative estimate of drug-likeness (QED) is 0.634. The minimum absolute atomic E-state index is 0.528. The predicted octanol–water partition coefficient (Wildman–Crippen LogP) is 4.59. The van der Waals surface area contributed by atoms with E-state index in [1.54, 1.807) is 0 Å². The first-order chi connectivity index (χ1) is 10.2.